The van der Waals surface area contributed by atoms with E-state index in [0.717, 1.165) is 34.4 Å². The van der Waals surface area contributed by atoms with Crippen LogP contribution in [0.2, 0.25) is 0 Å². The highest BCUT2D eigenvalue weighted by Crippen LogP contribution is 2.30. The van der Waals surface area contributed by atoms with Crippen LogP contribution >= 0.6 is 15.9 Å². The molecule has 0 aliphatic rings. The number of ether oxygens (including phenoxy) is 1. The summed E-state index contributed by atoms with van der Waals surface area (Å²) >= 11 is 3.51. The molecule has 2 aromatic carbocycles. The lowest BCUT2D eigenvalue weighted by atomic mass is 10.0. The molecule has 0 saturated carbocycles. The molecule has 2 aromatic rings. The summed E-state index contributed by atoms with van der Waals surface area (Å²) in [7, 11) is 0. The van der Waals surface area contributed by atoms with Gasteiger partial charge in [-0.05, 0) is 67.6 Å². The average Bonchev–Trinajstić information content (AvgIpc) is 2.40. The molecule has 0 amide bonds. The molecule has 112 valence electrons. The van der Waals surface area contributed by atoms with E-state index in [4.69, 9.17) is 10.5 Å². The molecule has 0 heterocycles. The number of aryl methyl sites for hydroxylation is 2. The maximum absolute atomic E-state index is 6.11. The molecule has 2 nitrogen and oxygen atoms in total. The topological polar surface area (TPSA) is 35.2 Å². The van der Waals surface area contributed by atoms with Gasteiger partial charge in [0.15, 0.2) is 0 Å². The van der Waals surface area contributed by atoms with E-state index in [1.165, 1.54) is 11.1 Å². The van der Waals surface area contributed by atoms with Gasteiger partial charge in [0.25, 0.3) is 0 Å². The summed E-state index contributed by atoms with van der Waals surface area (Å²) in [6.07, 6.45) is 1.78. The van der Waals surface area contributed by atoms with Crippen LogP contribution in [0.3, 0.4) is 0 Å². The van der Waals surface area contributed by atoms with Crippen LogP contribution in [-0.2, 0) is 6.42 Å². The van der Waals surface area contributed by atoms with Crippen molar-refractivity contribution in [3.8, 4) is 11.5 Å². The Morgan fingerprint density at radius 2 is 1.76 bits per heavy atom. The fourth-order valence-corrected chi connectivity index (χ4v) is 2.68. The van der Waals surface area contributed by atoms with Crippen molar-refractivity contribution in [2.75, 3.05) is 0 Å². The third-order valence-corrected chi connectivity index (χ3v) is 3.95. The van der Waals surface area contributed by atoms with Gasteiger partial charge < -0.3 is 10.5 Å². The predicted molar refractivity (Wildman–Crippen MR) is 92.1 cm³/mol. The molecule has 1 unspecified atom stereocenters. The van der Waals surface area contributed by atoms with Gasteiger partial charge in [0.2, 0.25) is 0 Å². The fraction of sp³-hybridized carbons (Fsp3) is 0.333. The van der Waals surface area contributed by atoms with Crippen molar-refractivity contribution < 1.29 is 4.74 Å². The molecular formula is C18H22BrNO. The molecule has 21 heavy (non-hydrogen) atoms. The average molecular weight is 348 g/mol. The van der Waals surface area contributed by atoms with E-state index in [1.807, 2.05) is 12.1 Å². The monoisotopic (exact) mass is 347 g/mol. The Morgan fingerprint density at radius 3 is 2.38 bits per heavy atom. The lowest BCUT2D eigenvalue weighted by Gasteiger charge is -2.15. The third-order valence-electron chi connectivity index (χ3n) is 3.46. The summed E-state index contributed by atoms with van der Waals surface area (Å²) in [5, 5.41) is 0. The van der Waals surface area contributed by atoms with E-state index in [9.17, 15) is 0 Å². The summed E-state index contributed by atoms with van der Waals surface area (Å²) in [4.78, 5) is 0. The van der Waals surface area contributed by atoms with Gasteiger partial charge in [0, 0.05) is 10.5 Å². The van der Waals surface area contributed by atoms with Crippen LogP contribution in [0, 0.1) is 13.8 Å². The van der Waals surface area contributed by atoms with Crippen LogP contribution in [-0.4, -0.2) is 6.04 Å². The number of nitrogens with two attached hydrogens (primary N) is 1. The Balaban J connectivity index is 2.31. The first-order valence-corrected chi connectivity index (χ1v) is 8.07. The lowest BCUT2D eigenvalue weighted by molar-refractivity contribution is 0.471. The number of hydrogen-bond acceptors (Lipinski definition) is 2. The zero-order valence-corrected chi connectivity index (χ0v) is 14.4. The summed E-state index contributed by atoms with van der Waals surface area (Å²) in [5.41, 5.74) is 9.63. The van der Waals surface area contributed by atoms with Crippen molar-refractivity contribution in [2.45, 2.75) is 39.7 Å². The molecule has 0 aliphatic carbocycles. The zero-order chi connectivity index (χ0) is 15.4. The largest absolute Gasteiger partial charge is 0.457 e. The van der Waals surface area contributed by atoms with Crippen LogP contribution in [0.25, 0.3) is 0 Å². The molecule has 2 rings (SSSR count). The van der Waals surface area contributed by atoms with Crippen LogP contribution in [0.1, 0.15) is 30.0 Å². The molecule has 0 aliphatic heterocycles. The molecule has 1 atom stereocenters. The molecule has 0 spiro atoms. The first-order chi connectivity index (χ1) is 9.97. The van der Waals surface area contributed by atoms with Gasteiger partial charge >= 0.3 is 0 Å². The number of hydrogen-bond donors (Lipinski definition) is 1. The quantitative estimate of drug-likeness (QED) is 0.812. The smallest absolute Gasteiger partial charge is 0.131 e. The van der Waals surface area contributed by atoms with Gasteiger partial charge in [-0.15, -0.1) is 0 Å². The minimum absolute atomic E-state index is 0.160. The zero-order valence-electron chi connectivity index (χ0n) is 12.8. The SMILES string of the molecule is CCC(N)Cc1ccc(Br)cc1Oc1cc(C)cc(C)c1. The van der Waals surface area contributed by atoms with E-state index in [2.05, 4.69) is 61.0 Å². The van der Waals surface area contributed by atoms with Gasteiger partial charge in [0.05, 0.1) is 0 Å². The number of benzene rings is 2. The van der Waals surface area contributed by atoms with Crippen molar-refractivity contribution in [3.05, 3.63) is 57.6 Å². The molecular weight excluding hydrogens is 326 g/mol. The van der Waals surface area contributed by atoms with E-state index >= 15 is 0 Å². The second kappa shape index (κ2) is 7.10. The van der Waals surface area contributed by atoms with E-state index in [0.29, 0.717) is 0 Å². The van der Waals surface area contributed by atoms with Crippen molar-refractivity contribution in [1.82, 2.24) is 0 Å². The molecule has 3 heteroatoms. The van der Waals surface area contributed by atoms with Gasteiger partial charge in [-0.1, -0.05) is 35.0 Å². The first-order valence-electron chi connectivity index (χ1n) is 7.28. The normalized spacial score (nSPS) is 12.2. The number of halogens is 1. The molecule has 0 saturated heterocycles. The van der Waals surface area contributed by atoms with Crippen molar-refractivity contribution in [1.29, 1.82) is 0 Å². The van der Waals surface area contributed by atoms with E-state index in [1.54, 1.807) is 0 Å². The highest BCUT2D eigenvalue weighted by Gasteiger charge is 2.10. The minimum atomic E-state index is 0.160. The summed E-state index contributed by atoms with van der Waals surface area (Å²) in [6.45, 7) is 6.26. The van der Waals surface area contributed by atoms with Crippen LogP contribution in [0.15, 0.2) is 40.9 Å². The Morgan fingerprint density at radius 1 is 1.10 bits per heavy atom. The maximum Gasteiger partial charge on any atom is 0.131 e. The maximum atomic E-state index is 6.11. The minimum Gasteiger partial charge on any atom is -0.457 e. The van der Waals surface area contributed by atoms with Crippen LogP contribution < -0.4 is 10.5 Å². The van der Waals surface area contributed by atoms with Crippen molar-refractivity contribution in [2.24, 2.45) is 5.73 Å². The molecule has 0 aromatic heterocycles. The van der Waals surface area contributed by atoms with E-state index < -0.39 is 0 Å². The van der Waals surface area contributed by atoms with Gasteiger partial charge in [-0.2, -0.15) is 0 Å². The molecule has 0 radical (unpaired) electrons. The highest BCUT2D eigenvalue weighted by molar-refractivity contribution is 9.10. The second-order valence-electron chi connectivity index (χ2n) is 5.55. The highest BCUT2D eigenvalue weighted by atomic mass is 79.9. The van der Waals surface area contributed by atoms with E-state index in [-0.39, 0.29) is 6.04 Å². The predicted octanol–water partition coefficient (Wildman–Crippen LogP) is 5.14. The third kappa shape index (κ3) is 4.58. The molecule has 0 fully saturated rings. The Bertz CT molecular complexity index is 604. The molecule has 0 bridgehead atoms. The van der Waals surface area contributed by atoms with Crippen LogP contribution in [0.5, 0.6) is 11.5 Å². The van der Waals surface area contributed by atoms with Gasteiger partial charge in [-0.3, -0.25) is 0 Å². The Kier molecular flexibility index (Phi) is 5.43. The summed E-state index contributed by atoms with van der Waals surface area (Å²) in [6, 6.07) is 12.5. The van der Waals surface area contributed by atoms with Crippen molar-refractivity contribution >= 4 is 15.9 Å². The summed E-state index contributed by atoms with van der Waals surface area (Å²) in [5.74, 6) is 1.75. The number of rotatable bonds is 5. The fourth-order valence-electron chi connectivity index (χ4n) is 2.34. The first kappa shape index (κ1) is 16.1. The second-order valence-corrected chi connectivity index (χ2v) is 6.47. The standard InChI is InChI=1S/C18H22BrNO/c1-4-16(20)10-14-5-6-15(19)11-18(14)21-17-8-12(2)7-13(3)9-17/h5-9,11,16H,4,10,20H2,1-3H3. The Labute approximate surface area is 135 Å². The van der Waals surface area contributed by atoms with Gasteiger partial charge in [0.1, 0.15) is 11.5 Å². The summed E-state index contributed by atoms with van der Waals surface area (Å²) < 4.78 is 7.12. The lowest BCUT2D eigenvalue weighted by Crippen LogP contribution is -2.21. The van der Waals surface area contributed by atoms with Gasteiger partial charge in [-0.25, -0.2) is 0 Å². The Hall–Kier alpha value is -1.32. The van der Waals surface area contributed by atoms with Crippen molar-refractivity contribution in [3.63, 3.8) is 0 Å². The molecule has 2 N–H and O–H groups in total. The van der Waals surface area contributed by atoms with Crippen LogP contribution in [0.4, 0.5) is 0 Å².